The molecule has 0 aromatic carbocycles. The lowest BCUT2D eigenvalue weighted by molar-refractivity contribution is 0.0925. The number of aromatic nitrogens is 1. The van der Waals surface area contributed by atoms with Crippen molar-refractivity contribution in [3.63, 3.8) is 0 Å². The van der Waals surface area contributed by atoms with Crippen molar-refractivity contribution in [2.45, 2.75) is 37.4 Å². The third-order valence-corrected chi connectivity index (χ3v) is 6.04. The van der Waals surface area contributed by atoms with Crippen LogP contribution in [0.2, 0.25) is 0 Å². The highest BCUT2D eigenvalue weighted by Crippen LogP contribution is 2.21. The first-order chi connectivity index (χ1) is 16.3. The quantitative estimate of drug-likeness (QED) is 0.316. The number of hydrogen-bond donors (Lipinski definition) is 4. The number of nitrogens with zero attached hydrogens (tertiary/aromatic N) is 2. The third kappa shape index (κ3) is 6.85. The molecule has 0 saturated heterocycles. The number of guanidine groups is 1. The lowest BCUT2D eigenvalue weighted by atomic mass is 9.97. The summed E-state index contributed by atoms with van der Waals surface area (Å²) in [6.45, 7) is 5.70. The van der Waals surface area contributed by atoms with Crippen molar-refractivity contribution in [2.24, 2.45) is 4.99 Å². The minimum Gasteiger partial charge on any atom is -0.394 e. The number of carbonyl (C=O) groups excluding carboxylic acids is 1. The Labute approximate surface area is 208 Å². The summed E-state index contributed by atoms with van der Waals surface area (Å²) in [5.41, 5.74) is 1.64. The summed E-state index contributed by atoms with van der Waals surface area (Å²) in [6, 6.07) is 1.20. The van der Waals surface area contributed by atoms with E-state index >= 15 is 0 Å². The lowest BCUT2D eigenvalue weighted by Crippen LogP contribution is -2.44. The fourth-order valence-corrected chi connectivity index (χ4v) is 3.94. The van der Waals surface area contributed by atoms with Gasteiger partial charge in [0.25, 0.3) is 5.91 Å². The van der Waals surface area contributed by atoms with Gasteiger partial charge in [-0.1, -0.05) is 42.5 Å². The molecule has 3 rings (SSSR count). The topological polar surface area (TPSA) is 90.7 Å². The summed E-state index contributed by atoms with van der Waals surface area (Å²) in [7, 11) is 0. The molecule has 182 valence electrons. The predicted octanol–water partition coefficient (Wildman–Crippen LogP) is 4.02. The molecule has 1 aromatic heterocycles. The summed E-state index contributed by atoms with van der Waals surface area (Å²) < 4.78 is 15.3. The van der Waals surface area contributed by atoms with Crippen molar-refractivity contribution in [3.8, 4) is 0 Å². The smallest absolute Gasteiger partial charge is 0.253 e. The van der Waals surface area contributed by atoms with Crippen LogP contribution in [0.5, 0.6) is 0 Å². The number of allylic oxidation sites excluding steroid dienone is 7. The Hall–Kier alpha value is -2.81. The van der Waals surface area contributed by atoms with Gasteiger partial charge in [0.05, 0.1) is 34.3 Å². The van der Waals surface area contributed by atoms with Gasteiger partial charge in [0.15, 0.2) is 5.96 Å². The second kappa shape index (κ2) is 12.1. The molecule has 4 N–H and O–H groups in total. The molecule has 2 aliphatic rings. The Kier molecular flexibility index (Phi) is 9.15. The molecule has 1 aliphatic heterocycles. The van der Waals surface area contributed by atoms with Gasteiger partial charge in [-0.3, -0.25) is 9.79 Å². The first-order valence-electron chi connectivity index (χ1n) is 10.9. The highest BCUT2D eigenvalue weighted by molar-refractivity contribution is 6.32. The van der Waals surface area contributed by atoms with Crippen LogP contribution in [0.1, 0.15) is 36.3 Å². The summed E-state index contributed by atoms with van der Waals surface area (Å²) >= 11 is 12.2. The van der Waals surface area contributed by atoms with E-state index in [1.54, 1.807) is 25.4 Å². The molecule has 10 heteroatoms. The van der Waals surface area contributed by atoms with Gasteiger partial charge in [-0.05, 0) is 31.1 Å². The average molecular weight is 508 g/mol. The number of hydrogen-bond acceptors (Lipinski definition) is 5. The number of amides is 1. The number of aliphatic hydroxyl groups is 1. The maximum absolute atomic E-state index is 13.4. The Balaban J connectivity index is 1.61. The summed E-state index contributed by atoms with van der Waals surface area (Å²) in [4.78, 5) is 17.2. The van der Waals surface area contributed by atoms with Gasteiger partial charge in [-0.2, -0.15) is 0 Å². The predicted molar refractivity (Wildman–Crippen MR) is 134 cm³/mol. The standard InChI is InChI=1S/C24H28Cl2FN5O2/c1-3-19(27)12-20(26)15(2)29-24-28-9-7-22(31-24)32-10-8-17(13-32)23(34)30-21(14-33)16-5-4-6-18(25)11-16/h3-6,8,10,12-13,18,21-22,33H,2,7,9,11,14H2,1H3,(H,30,34)(H2,28,29,31)/b19-3+,20-12+/t18-,21+,22+/m0/s1. The van der Waals surface area contributed by atoms with E-state index in [0.717, 1.165) is 5.57 Å². The number of alkyl halides is 1. The van der Waals surface area contributed by atoms with E-state index in [-0.39, 0.29) is 29.1 Å². The molecule has 0 radical (unpaired) electrons. The maximum Gasteiger partial charge on any atom is 0.253 e. The highest BCUT2D eigenvalue weighted by atomic mass is 35.5. The van der Waals surface area contributed by atoms with Crippen molar-refractivity contribution < 1.29 is 14.3 Å². The molecule has 0 saturated carbocycles. The van der Waals surface area contributed by atoms with Crippen LogP contribution in [0.4, 0.5) is 4.39 Å². The molecule has 2 heterocycles. The Morgan fingerprint density at radius 3 is 3.03 bits per heavy atom. The minimum atomic E-state index is -0.506. The van der Waals surface area contributed by atoms with Crippen LogP contribution in [0.25, 0.3) is 0 Å². The zero-order valence-electron chi connectivity index (χ0n) is 18.8. The first-order valence-corrected chi connectivity index (χ1v) is 11.7. The number of rotatable bonds is 8. The van der Waals surface area contributed by atoms with Crippen LogP contribution in [-0.2, 0) is 0 Å². The molecular weight excluding hydrogens is 480 g/mol. The monoisotopic (exact) mass is 507 g/mol. The second-order valence-corrected chi connectivity index (χ2v) is 8.82. The van der Waals surface area contributed by atoms with E-state index < -0.39 is 11.9 Å². The van der Waals surface area contributed by atoms with E-state index in [1.165, 1.54) is 12.2 Å². The average Bonchev–Trinajstić information content (AvgIpc) is 3.33. The van der Waals surface area contributed by atoms with Crippen LogP contribution >= 0.6 is 23.2 Å². The van der Waals surface area contributed by atoms with E-state index in [4.69, 9.17) is 23.2 Å². The van der Waals surface area contributed by atoms with Crippen molar-refractivity contribution in [2.75, 3.05) is 13.2 Å². The van der Waals surface area contributed by atoms with Crippen molar-refractivity contribution in [1.29, 1.82) is 0 Å². The van der Waals surface area contributed by atoms with E-state index in [1.807, 2.05) is 22.8 Å². The van der Waals surface area contributed by atoms with Gasteiger partial charge in [0.1, 0.15) is 12.0 Å². The van der Waals surface area contributed by atoms with Gasteiger partial charge in [0, 0.05) is 25.4 Å². The molecule has 0 unspecified atom stereocenters. The fourth-order valence-electron chi connectivity index (χ4n) is 3.53. The molecule has 1 aromatic rings. The number of aliphatic imine (C=N–C) groups is 1. The molecular formula is C24H28Cl2FN5O2. The maximum atomic E-state index is 13.4. The summed E-state index contributed by atoms with van der Waals surface area (Å²) in [5.74, 6) is -0.315. The summed E-state index contributed by atoms with van der Waals surface area (Å²) in [5, 5.41) is 18.8. The van der Waals surface area contributed by atoms with Gasteiger partial charge >= 0.3 is 0 Å². The molecule has 0 bridgehead atoms. The Morgan fingerprint density at radius 1 is 1.53 bits per heavy atom. The molecule has 34 heavy (non-hydrogen) atoms. The Morgan fingerprint density at radius 2 is 2.32 bits per heavy atom. The molecule has 1 amide bonds. The van der Waals surface area contributed by atoms with Crippen LogP contribution in [0.15, 0.2) is 82.5 Å². The molecule has 3 atom stereocenters. The molecule has 1 aliphatic carbocycles. The van der Waals surface area contributed by atoms with Gasteiger partial charge in [-0.15, -0.1) is 11.6 Å². The normalized spacial score (nSPS) is 21.8. The minimum absolute atomic E-state index is 0.129. The van der Waals surface area contributed by atoms with E-state index in [0.29, 0.717) is 36.6 Å². The molecule has 0 spiro atoms. The number of nitrogens with one attached hydrogen (secondary N) is 3. The molecule has 7 nitrogen and oxygen atoms in total. The van der Waals surface area contributed by atoms with Crippen molar-refractivity contribution in [3.05, 3.63) is 83.1 Å². The van der Waals surface area contributed by atoms with Gasteiger partial charge < -0.3 is 25.6 Å². The van der Waals surface area contributed by atoms with E-state index in [9.17, 15) is 14.3 Å². The van der Waals surface area contributed by atoms with Crippen molar-refractivity contribution in [1.82, 2.24) is 20.5 Å². The van der Waals surface area contributed by atoms with Crippen LogP contribution in [0.3, 0.4) is 0 Å². The lowest BCUT2D eigenvalue weighted by Gasteiger charge is -2.27. The SMILES string of the molecule is C=C(NC1=NCC[C@@H](n2ccc(C(=O)N[C@H](CO)C3=CC=C[C@H](Cl)C3)c2)N1)/C(Cl)=C\C(F)=C/C. The zero-order valence-corrected chi connectivity index (χ0v) is 20.3. The second-order valence-electron chi connectivity index (χ2n) is 7.85. The largest absolute Gasteiger partial charge is 0.394 e. The van der Waals surface area contributed by atoms with Gasteiger partial charge in [0.2, 0.25) is 0 Å². The number of halogens is 3. The van der Waals surface area contributed by atoms with Crippen LogP contribution in [0, 0.1) is 0 Å². The van der Waals surface area contributed by atoms with Crippen LogP contribution < -0.4 is 16.0 Å². The zero-order chi connectivity index (χ0) is 24.7. The van der Waals surface area contributed by atoms with Gasteiger partial charge in [-0.25, -0.2) is 4.39 Å². The molecule has 0 fully saturated rings. The fraction of sp³-hybridized carbons (Fsp3) is 0.333. The highest BCUT2D eigenvalue weighted by Gasteiger charge is 2.22. The Bertz CT molecular complexity index is 1070. The van der Waals surface area contributed by atoms with E-state index in [2.05, 4.69) is 27.5 Å². The first kappa shape index (κ1) is 25.8. The summed E-state index contributed by atoms with van der Waals surface area (Å²) in [6.07, 6.45) is 12.6. The number of aliphatic hydroxyl groups excluding tert-OH is 1. The number of carbonyl (C=O) groups is 1. The third-order valence-electron chi connectivity index (χ3n) is 5.41. The van der Waals surface area contributed by atoms with Crippen molar-refractivity contribution >= 4 is 35.1 Å². The van der Waals surface area contributed by atoms with Crippen LogP contribution in [-0.4, -0.2) is 46.1 Å².